The van der Waals surface area contributed by atoms with Gasteiger partial charge in [0.1, 0.15) is 0 Å². The number of aliphatic hydroxyl groups excluding tert-OH is 1. The van der Waals surface area contributed by atoms with E-state index in [1.54, 1.807) is 42.6 Å². The molecule has 0 fully saturated rings. The second-order valence-corrected chi connectivity index (χ2v) is 8.52. The van der Waals surface area contributed by atoms with E-state index >= 15 is 0 Å². The zero-order valence-electron chi connectivity index (χ0n) is 17.2. The molecule has 3 rings (SSSR count). The van der Waals surface area contributed by atoms with Gasteiger partial charge >= 0.3 is 5.97 Å². The lowest BCUT2D eigenvalue weighted by molar-refractivity contribution is 0.0695. The number of likely N-dealkylation sites (N-methyl/N-ethyl adjacent to an activating group) is 1. The second kappa shape index (κ2) is 8.76. The van der Waals surface area contributed by atoms with Crippen molar-refractivity contribution in [1.82, 2.24) is 14.8 Å². The average Bonchev–Trinajstić information content (AvgIpc) is 3.10. The summed E-state index contributed by atoms with van der Waals surface area (Å²) in [5.74, 6) is -0.999. The molecular formula is C22H25Cl2N3O3. The largest absolute Gasteiger partial charge is 0.478 e. The molecule has 2 atom stereocenters. The van der Waals surface area contributed by atoms with Crippen molar-refractivity contribution in [3.63, 3.8) is 0 Å². The number of nitrogens with one attached hydrogen (secondary N) is 1. The third-order valence-corrected chi connectivity index (χ3v) is 5.68. The number of hydrogen-bond donors (Lipinski definition) is 3. The predicted octanol–water partition coefficient (Wildman–Crippen LogP) is 4.64. The number of aromatic nitrogens is 1. The first-order valence-corrected chi connectivity index (χ1v) is 10.3. The summed E-state index contributed by atoms with van der Waals surface area (Å²) in [7, 11) is 1.71. The molecule has 0 aliphatic carbocycles. The quantitative estimate of drug-likeness (QED) is 0.598. The fourth-order valence-corrected chi connectivity index (χ4v) is 4.14. The monoisotopic (exact) mass is 449 g/mol. The lowest BCUT2D eigenvalue weighted by atomic mass is 9.95. The number of benzene rings is 1. The first kappa shape index (κ1) is 22.3. The number of carbonyl (C=O) groups is 1. The minimum absolute atomic E-state index is 0.0500. The summed E-state index contributed by atoms with van der Waals surface area (Å²) >= 11 is 12.4. The summed E-state index contributed by atoms with van der Waals surface area (Å²) in [5, 5.41) is 24.2. The number of allylic oxidation sites excluding steroid dienone is 1. The Morgan fingerprint density at radius 3 is 2.50 bits per heavy atom. The Morgan fingerprint density at radius 1 is 1.23 bits per heavy atom. The van der Waals surface area contributed by atoms with Gasteiger partial charge in [-0.25, -0.2) is 4.79 Å². The number of rotatable bonds is 6. The molecule has 0 amide bonds. The van der Waals surface area contributed by atoms with Crippen LogP contribution in [0.5, 0.6) is 0 Å². The van der Waals surface area contributed by atoms with Crippen molar-refractivity contribution in [2.24, 2.45) is 0 Å². The van der Waals surface area contributed by atoms with Gasteiger partial charge in [0.05, 0.1) is 28.0 Å². The van der Waals surface area contributed by atoms with Crippen LogP contribution in [0.3, 0.4) is 0 Å². The molecule has 0 bridgehead atoms. The van der Waals surface area contributed by atoms with E-state index in [1.807, 2.05) is 37.5 Å². The number of halogens is 2. The Morgan fingerprint density at radius 2 is 1.93 bits per heavy atom. The summed E-state index contributed by atoms with van der Waals surface area (Å²) in [5.41, 5.74) is 3.31. The maximum Gasteiger partial charge on any atom is 0.337 e. The van der Waals surface area contributed by atoms with Crippen LogP contribution in [0.25, 0.3) is 0 Å². The van der Waals surface area contributed by atoms with Gasteiger partial charge in [0.25, 0.3) is 0 Å². The molecule has 3 N–H and O–H groups in total. The fourth-order valence-electron chi connectivity index (χ4n) is 3.64. The highest BCUT2D eigenvalue weighted by molar-refractivity contribution is 6.30. The third-order valence-electron chi connectivity index (χ3n) is 5.14. The second-order valence-electron chi connectivity index (χ2n) is 7.65. The van der Waals surface area contributed by atoms with Crippen molar-refractivity contribution in [3.8, 4) is 0 Å². The first-order valence-electron chi connectivity index (χ1n) is 9.55. The molecule has 1 aliphatic rings. The fraction of sp³-hybridized carbons (Fsp3) is 0.318. The Balaban J connectivity index is 2.19. The zero-order chi connectivity index (χ0) is 22.2. The van der Waals surface area contributed by atoms with Gasteiger partial charge in [-0.2, -0.15) is 0 Å². The number of aryl methyl sites for hydroxylation is 1. The lowest BCUT2D eigenvalue weighted by Gasteiger charge is -2.31. The predicted molar refractivity (Wildman–Crippen MR) is 119 cm³/mol. The number of aliphatic hydroxyl groups is 1. The van der Waals surface area contributed by atoms with Gasteiger partial charge in [-0.15, -0.1) is 0 Å². The number of carboxylic acid groups (broad SMARTS) is 1. The van der Waals surface area contributed by atoms with Gasteiger partial charge in [0.2, 0.25) is 0 Å². The topological polar surface area (TPSA) is 77.7 Å². The number of hydrogen-bond acceptors (Lipinski definition) is 4. The Kier molecular flexibility index (Phi) is 6.50. The highest BCUT2D eigenvalue weighted by atomic mass is 35.5. The third kappa shape index (κ3) is 4.36. The van der Waals surface area contributed by atoms with Gasteiger partial charge in [-0.05, 0) is 56.2 Å². The summed E-state index contributed by atoms with van der Waals surface area (Å²) in [6, 6.07) is 6.71. The molecule has 2 heterocycles. The smallest absolute Gasteiger partial charge is 0.337 e. The van der Waals surface area contributed by atoms with Crippen LogP contribution >= 0.6 is 23.2 Å². The van der Waals surface area contributed by atoms with Crippen LogP contribution in [-0.4, -0.2) is 38.9 Å². The van der Waals surface area contributed by atoms with Crippen LogP contribution < -0.4 is 5.32 Å². The Hall–Kier alpha value is -2.41. The SMILES string of the molecule is Cc1cc(Cl)ccc1C(NC1=CN(C)C(O)C(Cl)=C1)c1c(C(=O)O)ccn1C(C)C. The van der Waals surface area contributed by atoms with Crippen LogP contribution in [-0.2, 0) is 0 Å². The van der Waals surface area contributed by atoms with Crippen LogP contribution in [0.4, 0.5) is 0 Å². The number of nitrogens with zero attached hydrogens (tertiary/aromatic N) is 2. The van der Waals surface area contributed by atoms with Gasteiger partial charge in [-0.3, -0.25) is 0 Å². The lowest BCUT2D eigenvalue weighted by Crippen LogP contribution is -2.34. The maximum absolute atomic E-state index is 12.0. The number of carboxylic acids is 1. The molecule has 1 aliphatic heterocycles. The number of aromatic carboxylic acids is 1. The highest BCUT2D eigenvalue weighted by Crippen LogP contribution is 2.33. The molecule has 160 valence electrons. The van der Waals surface area contributed by atoms with Crippen LogP contribution in [0.1, 0.15) is 53.1 Å². The van der Waals surface area contributed by atoms with Crippen molar-refractivity contribution >= 4 is 29.2 Å². The summed E-state index contributed by atoms with van der Waals surface area (Å²) < 4.78 is 1.95. The van der Waals surface area contributed by atoms with Gasteiger partial charge in [0, 0.05) is 30.5 Å². The molecule has 0 saturated carbocycles. The molecule has 0 radical (unpaired) electrons. The molecule has 1 aromatic heterocycles. The summed E-state index contributed by atoms with van der Waals surface area (Å²) in [6.07, 6.45) is 4.25. The molecule has 6 nitrogen and oxygen atoms in total. The van der Waals surface area contributed by atoms with Gasteiger partial charge in [0.15, 0.2) is 6.23 Å². The van der Waals surface area contributed by atoms with Crippen molar-refractivity contribution in [2.75, 3.05) is 7.05 Å². The molecule has 2 aromatic rings. The van der Waals surface area contributed by atoms with Crippen LogP contribution in [0.15, 0.2) is 53.5 Å². The molecule has 8 heteroatoms. The summed E-state index contributed by atoms with van der Waals surface area (Å²) in [4.78, 5) is 13.6. The van der Waals surface area contributed by atoms with Gasteiger partial charge < -0.3 is 25.0 Å². The molecular weight excluding hydrogens is 425 g/mol. The highest BCUT2D eigenvalue weighted by Gasteiger charge is 2.28. The van der Waals surface area contributed by atoms with E-state index in [2.05, 4.69) is 5.32 Å². The van der Waals surface area contributed by atoms with E-state index < -0.39 is 18.2 Å². The van der Waals surface area contributed by atoms with Crippen LogP contribution in [0.2, 0.25) is 5.02 Å². The molecule has 1 aromatic carbocycles. The van der Waals surface area contributed by atoms with Gasteiger partial charge in [-0.1, -0.05) is 29.3 Å². The standard InChI is InChI=1S/C22H25Cl2N3O3/c1-12(2)27-8-7-17(22(29)30)20(27)19(16-6-5-14(23)9-13(16)3)25-15-10-18(24)21(28)26(4)11-15/h5-12,19,21,25,28H,1-4H3,(H,29,30). The van der Waals surface area contributed by atoms with Crippen molar-refractivity contribution in [3.05, 3.63) is 80.9 Å². The maximum atomic E-state index is 12.0. The normalized spacial score (nSPS) is 17.6. The molecule has 30 heavy (non-hydrogen) atoms. The van der Waals surface area contributed by atoms with E-state index in [0.717, 1.165) is 11.1 Å². The minimum Gasteiger partial charge on any atom is -0.478 e. The van der Waals surface area contributed by atoms with E-state index in [0.29, 0.717) is 16.4 Å². The van der Waals surface area contributed by atoms with Crippen LogP contribution in [0, 0.1) is 6.92 Å². The van der Waals surface area contributed by atoms with E-state index in [9.17, 15) is 15.0 Å². The zero-order valence-corrected chi connectivity index (χ0v) is 18.7. The average molecular weight is 450 g/mol. The van der Waals surface area contributed by atoms with Crippen molar-refractivity contribution < 1.29 is 15.0 Å². The Bertz CT molecular complexity index is 1030. The van der Waals surface area contributed by atoms with Crippen molar-refractivity contribution in [1.29, 1.82) is 0 Å². The molecule has 0 spiro atoms. The van der Waals surface area contributed by atoms with E-state index in [-0.39, 0.29) is 16.6 Å². The minimum atomic E-state index is -0.999. The first-order chi connectivity index (χ1) is 14.1. The van der Waals surface area contributed by atoms with Crippen molar-refractivity contribution in [2.45, 2.75) is 39.1 Å². The van der Waals surface area contributed by atoms with E-state index in [1.165, 1.54) is 0 Å². The molecule has 0 saturated heterocycles. The Labute approximate surface area is 186 Å². The summed E-state index contributed by atoms with van der Waals surface area (Å²) in [6.45, 7) is 5.94. The molecule has 2 unspecified atom stereocenters. The van der Waals surface area contributed by atoms with E-state index in [4.69, 9.17) is 23.2 Å².